The molecule has 0 saturated carbocycles. The van der Waals surface area contributed by atoms with Gasteiger partial charge in [0.25, 0.3) is 5.91 Å². The van der Waals surface area contributed by atoms with Crippen molar-refractivity contribution in [3.63, 3.8) is 0 Å². The predicted octanol–water partition coefficient (Wildman–Crippen LogP) is 3.91. The molecule has 170 valence electrons. The minimum atomic E-state index is -3.04. The van der Waals surface area contributed by atoms with Gasteiger partial charge in [-0.3, -0.25) is 24.0 Å². The molecule has 2 aromatic rings. The van der Waals surface area contributed by atoms with Crippen LogP contribution >= 0.6 is 7.67 Å². The molecule has 0 N–H and O–H groups in total. The van der Waals surface area contributed by atoms with Gasteiger partial charge in [-0.1, -0.05) is 0 Å². The Morgan fingerprint density at radius 2 is 1.69 bits per heavy atom. The van der Waals surface area contributed by atoms with Gasteiger partial charge in [0, 0.05) is 51.9 Å². The summed E-state index contributed by atoms with van der Waals surface area (Å²) in [4.78, 5) is 24.5. The Balaban J connectivity index is 1.56. The molecule has 1 unspecified atom stereocenters. The fourth-order valence-electron chi connectivity index (χ4n) is 3.24. The largest absolute Gasteiger partial charge is 0.450 e. The lowest BCUT2D eigenvalue weighted by Crippen LogP contribution is -2.21. The maximum absolute atomic E-state index is 13.3. The highest BCUT2D eigenvalue weighted by atomic mass is 31.2. The molecular weight excluding hydrogens is 435 g/mol. The van der Waals surface area contributed by atoms with Gasteiger partial charge < -0.3 is 9.64 Å². The predicted molar refractivity (Wildman–Crippen MR) is 118 cm³/mol. The first-order chi connectivity index (χ1) is 15.2. The van der Waals surface area contributed by atoms with Gasteiger partial charge in [0.05, 0.1) is 11.0 Å². The highest BCUT2D eigenvalue weighted by molar-refractivity contribution is 7.54. The molecule has 2 fully saturated rings. The van der Waals surface area contributed by atoms with Crippen molar-refractivity contribution in [2.45, 2.75) is 13.0 Å². The van der Waals surface area contributed by atoms with Crippen LogP contribution in [0.5, 0.6) is 11.5 Å². The minimum absolute atomic E-state index is 0.0444. The molecule has 0 aliphatic carbocycles. The molecule has 2 aliphatic rings. The van der Waals surface area contributed by atoms with Crippen molar-refractivity contribution in [1.82, 2.24) is 14.2 Å². The zero-order chi connectivity index (χ0) is 23.0. The Morgan fingerprint density at radius 3 is 2.19 bits per heavy atom. The summed E-state index contributed by atoms with van der Waals surface area (Å²) < 4.78 is 28.7. The number of rotatable bonds is 9. The second kappa shape index (κ2) is 8.63. The van der Waals surface area contributed by atoms with Crippen LogP contribution in [0.15, 0.2) is 42.5 Å². The van der Waals surface area contributed by atoms with Crippen LogP contribution in [0.2, 0.25) is 0 Å². The molecular formula is C21H25N4O6P. The summed E-state index contributed by atoms with van der Waals surface area (Å²) in [6.45, 7) is 4.72. The van der Waals surface area contributed by atoms with Crippen molar-refractivity contribution >= 4 is 19.3 Å². The summed E-state index contributed by atoms with van der Waals surface area (Å²) in [6, 6.07) is 10.9. The van der Waals surface area contributed by atoms with Crippen LogP contribution in [0.25, 0.3) is 0 Å². The van der Waals surface area contributed by atoms with Gasteiger partial charge in [-0.2, -0.15) is 0 Å². The van der Waals surface area contributed by atoms with Crippen molar-refractivity contribution in [1.29, 1.82) is 0 Å². The summed E-state index contributed by atoms with van der Waals surface area (Å²) >= 11 is 0. The van der Waals surface area contributed by atoms with Crippen molar-refractivity contribution in [3.8, 4) is 11.5 Å². The molecule has 4 rings (SSSR count). The number of carbonyl (C=O) groups is 1. The van der Waals surface area contributed by atoms with Gasteiger partial charge in [0.1, 0.15) is 5.75 Å². The quantitative estimate of drug-likeness (QED) is 0.240. The average Bonchev–Trinajstić information content (AvgIpc) is 3.65. The van der Waals surface area contributed by atoms with Gasteiger partial charge in [-0.05, 0) is 48.9 Å². The lowest BCUT2D eigenvalue weighted by molar-refractivity contribution is -0.385. The molecule has 10 nitrogen and oxygen atoms in total. The third-order valence-corrected chi connectivity index (χ3v) is 8.06. The summed E-state index contributed by atoms with van der Waals surface area (Å²) in [5.74, 6) is 0.244. The van der Waals surface area contributed by atoms with E-state index in [1.807, 2.05) is 9.34 Å². The molecule has 2 heterocycles. The highest BCUT2D eigenvalue weighted by Gasteiger charge is 2.50. The molecule has 1 amide bonds. The Hall–Kier alpha value is -2.78. The van der Waals surface area contributed by atoms with Gasteiger partial charge in [-0.15, -0.1) is 0 Å². The smallest absolute Gasteiger partial charge is 0.346 e. The first-order valence-corrected chi connectivity index (χ1v) is 11.8. The number of carbonyl (C=O) groups excluding carboxylic acids is 1. The summed E-state index contributed by atoms with van der Waals surface area (Å²) in [7, 11) is 0.272. The van der Waals surface area contributed by atoms with E-state index in [1.165, 1.54) is 17.0 Å². The molecule has 0 bridgehead atoms. The first kappa shape index (κ1) is 22.4. The maximum Gasteiger partial charge on any atom is 0.346 e. The number of benzene rings is 2. The second-order valence-electron chi connectivity index (χ2n) is 7.96. The van der Waals surface area contributed by atoms with E-state index >= 15 is 0 Å². The second-order valence-corrected chi connectivity index (χ2v) is 10.3. The number of hydrogen-bond acceptors (Lipinski definition) is 6. The van der Waals surface area contributed by atoms with E-state index < -0.39 is 18.7 Å². The molecule has 2 aliphatic heterocycles. The van der Waals surface area contributed by atoms with Crippen molar-refractivity contribution in [3.05, 3.63) is 63.7 Å². The SMILES string of the molecule is CC(OP(=O)(N1CC1)N1CC1)c1ccc([N+](=O)[O-])c(Oc2ccc(C(=O)N(C)C)cc2)c1. The third kappa shape index (κ3) is 4.68. The molecule has 32 heavy (non-hydrogen) atoms. The lowest BCUT2D eigenvalue weighted by Gasteiger charge is -2.24. The Labute approximate surface area is 186 Å². The summed E-state index contributed by atoms with van der Waals surface area (Å²) in [5, 5.41) is 11.5. The van der Waals surface area contributed by atoms with Crippen LogP contribution in [-0.4, -0.2) is 65.3 Å². The highest BCUT2D eigenvalue weighted by Crippen LogP contribution is 2.63. The van der Waals surface area contributed by atoms with Crippen molar-refractivity contribution < 1.29 is 23.5 Å². The number of amides is 1. The maximum atomic E-state index is 13.3. The van der Waals surface area contributed by atoms with Crippen molar-refractivity contribution in [2.24, 2.45) is 0 Å². The summed E-state index contributed by atoms with van der Waals surface area (Å²) in [6.07, 6.45) is -0.551. The van der Waals surface area contributed by atoms with Gasteiger partial charge in [0.2, 0.25) is 5.75 Å². The van der Waals surface area contributed by atoms with Gasteiger partial charge >= 0.3 is 13.4 Å². The normalized spacial score (nSPS) is 17.0. The fraction of sp³-hybridized carbons (Fsp3) is 0.381. The number of ether oxygens (including phenoxy) is 1. The number of hydrogen-bond donors (Lipinski definition) is 0. The Bertz CT molecular complexity index is 1070. The topological polar surface area (TPSA) is 105 Å². The Morgan fingerprint density at radius 1 is 1.09 bits per heavy atom. The van der Waals surface area contributed by atoms with E-state index in [4.69, 9.17) is 9.26 Å². The van der Waals surface area contributed by atoms with Crippen molar-refractivity contribution in [2.75, 3.05) is 40.3 Å². The van der Waals surface area contributed by atoms with Crippen LogP contribution in [0, 0.1) is 10.1 Å². The Kier molecular flexibility index (Phi) is 6.05. The van der Waals surface area contributed by atoms with E-state index in [1.54, 1.807) is 51.4 Å². The van der Waals surface area contributed by atoms with Crippen LogP contribution in [0.3, 0.4) is 0 Å². The van der Waals surface area contributed by atoms with E-state index in [2.05, 4.69) is 0 Å². The molecule has 11 heteroatoms. The molecule has 0 spiro atoms. The van der Waals surface area contributed by atoms with E-state index in [9.17, 15) is 19.5 Å². The number of nitro groups is 1. The van der Waals surface area contributed by atoms with Gasteiger partial charge in [-0.25, -0.2) is 9.34 Å². The fourth-order valence-corrected chi connectivity index (χ4v) is 5.59. The zero-order valence-electron chi connectivity index (χ0n) is 18.1. The number of nitrogens with zero attached hydrogens (tertiary/aromatic N) is 4. The third-order valence-electron chi connectivity index (χ3n) is 5.24. The summed E-state index contributed by atoms with van der Waals surface area (Å²) in [5.41, 5.74) is 0.900. The minimum Gasteiger partial charge on any atom is -0.450 e. The van der Waals surface area contributed by atoms with Crippen LogP contribution in [-0.2, 0) is 9.09 Å². The van der Waals surface area contributed by atoms with E-state index in [-0.39, 0.29) is 17.3 Å². The molecule has 0 aromatic heterocycles. The molecule has 1 atom stereocenters. The first-order valence-electron chi connectivity index (χ1n) is 10.3. The molecule has 0 radical (unpaired) electrons. The average molecular weight is 460 g/mol. The number of nitro benzene ring substituents is 1. The van der Waals surface area contributed by atoms with Crippen LogP contribution in [0.4, 0.5) is 5.69 Å². The van der Waals surface area contributed by atoms with Gasteiger partial charge in [0.15, 0.2) is 0 Å². The van der Waals surface area contributed by atoms with Crippen LogP contribution < -0.4 is 4.74 Å². The zero-order valence-corrected chi connectivity index (χ0v) is 19.0. The lowest BCUT2D eigenvalue weighted by atomic mass is 10.1. The molecule has 2 saturated heterocycles. The van der Waals surface area contributed by atoms with E-state index in [0.717, 1.165) is 26.2 Å². The monoisotopic (exact) mass is 460 g/mol. The molecule has 2 aromatic carbocycles. The van der Waals surface area contributed by atoms with Crippen LogP contribution in [0.1, 0.15) is 28.9 Å². The van der Waals surface area contributed by atoms with E-state index in [0.29, 0.717) is 16.9 Å². The standard InChI is InChI=1S/C21H25N4O6P/c1-15(31-32(29,23-10-11-23)24-12-13-24)17-6-9-19(25(27)28)20(14-17)30-18-7-4-16(5-8-18)21(26)22(2)3/h4-9,14-15H,10-13H2,1-3H3.